The number of rotatable bonds is 6. The molecule has 20 heavy (non-hydrogen) atoms. The van der Waals surface area contributed by atoms with Crippen molar-refractivity contribution in [2.45, 2.75) is 57.7 Å². The molecule has 2 atom stereocenters. The van der Waals surface area contributed by atoms with Gasteiger partial charge in [-0.2, -0.15) is 5.10 Å². The largest absolute Gasteiger partial charge is 0.480 e. The zero-order chi connectivity index (χ0) is 14.8. The second-order valence-electron chi connectivity index (χ2n) is 5.87. The number of halogens is 1. The van der Waals surface area contributed by atoms with Gasteiger partial charge in [0.2, 0.25) is 0 Å². The first-order valence-corrected chi connectivity index (χ1v) is 8.21. The number of nitrogens with zero attached hydrogens (tertiary/aromatic N) is 2. The third-order valence-corrected chi connectivity index (χ3v) is 4.61. The van der Waals surface area contributed by atoms with Crippen LogP contribution in [0.4, 0.5) is 0 Å². The Bertz CT molecular complexity index is 475. The van der Waals surface area contributed by atoms with Gasteiger partial charge in [-0.3, -0.25) is 14.8 Å². The van der Waals surface area contributed by atoms with Crippen LogP contribution in [0, 0.1) is 9.49 Å². The van der Waals surface area contributed by atoms with Crippen LogP contribution in [0.2, 0.25) is 0 Å². The lowest BCUT2D eigenvalue weighted by atomic mass is 9.84. The molecular weight excluding hydrogens is 369 g/mol. The lowest BCUT2D eigenvalue weighted by molar-refractivity contribution is -0.147. The van der Waals surface area contributed by atoms with Crippen molar-refractivity contribution in [1.29, 1.82) is 0 Å². The second-order valence-corrected chi connectivity index (χ2v) is 7.12. The smallest absolute Gasteiger partial charge is 0.324 e. The number of hydrogen-bond donors (Lipinski definition) is 2. The van der Waals surface area contributed by atoms with Gasteiger partial charge < -0.3 is 5.11 Å². The minimum Gasteiger partial charge on any atom is -0.480 e. The van der Waals surface area contributed by atoms with Crippen LogP contribution in [0.3, 0.4) is 0 Å². The molecule has 0 aromatic carbocycles. The standard InChI is InChI=1S/C14H22IN3O2/c1-10(2)17-14(13(19)20)6-3-4-11(14)5-7-18-9-12(15)8-16-18/h8-11,17H,3-7H2,1-2H3,(H,19,20). The van der Waals surface area contributed by atoms with Gasteiger partial charge in [-0.25, -0.2) is 0 Å². The maximum Gasteiger partial charge on any atom is 0.324 e. The van der Waals surface area contributed by atoms with Gasteiger partial charge in [-0.15, -0.1) is 0 Å². The van der Waals surface area contributed by atoms with Gasteiger partial charge in [0.1, 0.15) is 5.54 Å². The molecule has 0 amide bonds. The molecule has 1 aromatic heterocycles. The Morgan fingerprint density at radius 3 is 3.00 bits per heavy atom. The van der Waals surface area contributed by atoms with Gasteiger partial charge in [0.15, 0.2) is 0 Å². The Kier molecular flexibility index (Phi) is 5.06. The quantitative estimate of drug-likeness (QED) is 0.732. The molecule has 1 aromatic rings. The number of carboxylic acids is 1. The fourth-order valence-corrected chi connectivity index (χ4v) is 3.71. The molecule has 0 radical (unpaired) electrons. The fourth-order valence-electron chi connectivity index (χ4n) is 3.27. The number of aromatic nitrogens is 2. The van der Waals surface area contributed by atoms with Gasteiger partial charge in [-0.05, 0) is 61.6 Å². The summed E-state index contributed by atoms with van der Waals surface area (Å²) in [5.74, 6) is -0.534. The number of nitrogens with one attached hydrogen (secondary N) is 1. The number of hydrogen-bond acceptors (Lipinski definition) is 3. The maximum absolute atomic E-state index is 11.8. The van der Waals surface area contributed by atoms with Crippen LogP contribution >= 0.6 is 22.6 Å². The number of aliphatic carboxylic acids is 1. The molecule has 0 bridgehead atoms. The van der Waals surface area contributed by atoms with Gasteiger partial charge in [0, 0.05) is 18.8 Å². The van der Waals surface area contributed by atoms with E-state index in [9.17, 15) is 9.90 Å². The molecule has 2 rings (SSSR count). The average molecular weight is 391 g/mol. The highest BCUT2D eigenvalue weighted by molar-refractivity contribution is 14.1. The summed E-state index contributed by atoms with van der Waals surface area (Å²) in [7, 11) is 0. The third kappa shape index (κ3) is 3.33. The van der Waals surface area contributed by atoms with Crippen LogP contribution in [0.1, 0.15) is 39.5 Å². The zero-order valence-corrected chi connectivity index (χ0v) is 14.1. The van der Waals surface area contributed by atoms with E-state index in [1.165, 1.54) is 0 Å². The van der Waals surface area contributed by atoms with Gasteiger partial charge in [0.25, 0.3) is 0 Å². The minimum absolute atomic E-state index is 0.171. The van der Waals surface area contributed by atoms with Crippen molar-refractivity contribution >= 4 is 28.6 Å². The van der Waals surface area contributed by atoms with E-state index in [1.54, 1.807) is 0 Å². The van der Waals surface area contributed by atoms with Gasteiger partial charge in [0.05, 0.1) is 9.77 Å². The first-order chi connectivity index (χ1) is 9.44. The molecule has 1 fully saturated rings. The summed E-state index contributed by atoms with van der Waals surface area (Å²) in [6.45, 7) is 4.80. The normalized spacial score (nSPS) is 26.3. The zero-order valence-electron chi connectivity index (χ0n) is 12.0. The van der Waals surface area contributed by atoms with Crippen molar-refractivity contribution < 1.29 is 9.90 Å². The first kappa shape index (κ1) is 15.8. The monoisotopic (exact) mass is 391 g/mol. The van der Waals surface area contributed by atoms with Crippen LogP contribution in [-0.4, -0.2) is 32.4 Å². The SMILES string of the molecule is CC(C)NC1(C(=O)O)CCCC1CCn1cc(I)cn1. The predicted molar refractivity (Wildman–Crippen MR) is 85.5 cm³/mol. The molecule has 112 valence electrons. The van der Waals surface area contributed by atoms with Crippen molar-refractivity contribution in [3.05, 3.63) is 16.0 Å². The molecular formula is C14H22IN3O2. The Morgan fingerprint density at radius 1 is 1.70 bits per heavy atom. The van der Waals surface area contributed by atoms with Crippen molar-refractivity contribution in [2.75, 3.05) is 0 Å². The molecule has 0 spiro atoms. The molecule has 0 saturated heterocycles. The predicted octanol–water partition coefficient (Wildman–Crippen LogP) is 2.50. The summed E-state index contributed by atoms with van der Waals surface area (Å²) in [4.78, 5) is 11.8. The molecule has 1 aliphatic rings. The van der Waals surface area contributed by atoms with E-state index in [4.69, 9.17) is 0 Å². The van der Waals surface area contributed by atoms with E-state index in [0.29, 0.717) is 0 Å². The van der Waals surface area contributed by atoms with E-state index in [0.717, 1.165) is 35.8 Å². The van der Waals surface area contributed by atoms with Crippen LogP contribution in [0.5, 0.6) is 0 Å². The highest BCUT2D eigenvalue weighted by Crippen LogP contribution is 2.39. The molecule has 6 heteroatoms. The number of carboxylic acid groups (broad SMARTS) is 1. The van der Waals surface area contributed by atoms with Crippen molar-refractivity contribution in [2.24, 2.45) is 5.92 Å². The van der Waals surface area contributed by atoms with E-state index in [1.807, 2.05) is 30.9 Å². The molecule has 1 saturated carbocycles. The summed E-state index contributed by atoms with van der Waals surface area (Å²) < 4.78 is 3.01. The lowest BCUT2D eigenvalue weighted by Gasteiger charge is -2.34. The Labute approximate surface area is 133 Å². The summed E-state index contributed by atoms with van der Waals surface area (Å²) in [6, 6.07) is 0.178. The summed E-state index contributed by atoms with van der Waals surface area (Å²) in [5, 5.41) is 17.3. The van der Waals surface area contributed by atoms with Crippen LogP contribution in [0.25, 0.3) is 0 Å². The second kappa shape index (κ2) is 6.43. The summed E-state index contributed by atoms with van der Waals surface area (Å²) in [5.41, 5.74) is -0.755. The van der Waals surface area contributed by atoms with Crippen LogP contribution < -0.4 is 5.32 Å². The van der Waals surface area contributed by atoms with E-state index < -0.39 is 11.5 Å². The highest BCUT2D eigenvalue weighted by Gasteiger charge is 2.48. The van der Waals surface area contributed by atoms with Crippen molar-refractivity contribution in [3.8, 4) is 0 Å². The summed E-state index contributed by atoms with van der Waals surface area (Å²) in [6.07, 6.45) is 7.35. The highest BCUT2D eigenvalue weighted by atomic mass is 127. The average Bonchev–Trinajstić information content (AvgIpc) is 2.93. The van der Waals surface area contributed by atoms with Crippen LogP contribution in [-0.2, 0) is 11.3 Å². The van der Waals surface area contributed by atoms with E-state index >= 15 is 0 Å². The van der Waals surface area contributed by atoms with Crippen molar-refractivity contribution in [1.82, 2.24) is 15.1 Å². The van der Waals surface area contributed by atoms with E-state index in [-0.39, 0.29) is 12.0 Å². The van der Waals surface area contributed by atoms with E-state index in [2.05, 4.69) is 33.0 Å². The van der Waals surface area contributed by atoms with Gasteiger partial charge in [-0.1, -0.05) is 6.42 Å². The molecule has 2 unspecified atom stereocenters. The number of carbonyl (C=O) groups is 1. The maximum atomic E-state index is 11.8. The third-order valence-electron chi connectivity index (χ3n) is 4.06. The molecule has 1 aliphatic carbocycles. The lowest BCUT2D eigenvalue weighted by Crippen LogP contribution is -2.57. The van der Waals surface area contributed by atoms with Gasteiger partial charge >= 0.3 is 5.97 Å². The van der Waals surface area contributed by atoms with Crippen molar-refractivity contribution in [3.63, 3.8) is 0 Å². The fraction of sp³-hybridized carbons (Fsp3) is 0.714. The molecule has 1 heterocycles. The Balaban J connectivity index is 2.06. The molecule has 5 nitrogen and oxygen atoms in total. The Hall–Kier alpha value is -0.630. The minimum atomic E-state index is -0.755. The topological polar surface area (TPSA) is 67.2 Å². The molecule has 0 aliphatic heterocycles. The summed E-state index contributed by atoms with van der Waals surface area (Å²) >= 11 is 2.23. The Morgan fingerprint density at radius 2 is 2.45 bits per heavy atom. The van der Waals surface area contributed by atoms with Crippen LogP contribution in [0.15, 0.2) is 12.4 Å². The molecule has 2 N–H and O–H groups in total. The first-order valence-electron chi connectivity index (χ1n) is 7.13. The number of aryl methyl sites for hydroxylation is 1.